The van der Waals surface area contributed by atoms with Crippen LogP contribution in [0.1, 0.15) is 16.1 Å². The van der Waals surface area contributed by atoms with Gasteiger partial charge in [-0.3, -0.25) is 10.1 Å². The average Bonchev–Trinajstić information content (AvgIpc) is 3.05. The van der Waals surface area contributed by atoms with E-state index in [1.807, 2.05) is 5.32 Å². The summed E-state index contributed by atoms with van der Waals surface area (Å²) < 4.78 is 10.7. The third kappa shape index (κ3) is 5.59. The third-order valence-electron chi connectivity index (χ3n) is 2.67. The second kappa shape index (κ2) is 8.14. The molecule has 0 spiro atoms. The Balaban J connectivity index is 1.70. The highest BCUT2D eigenvalue weighted by atomic mass is 79.9. The molecule has 0 atom stereocenters. The molecule has 3 amide bonds. The Morgan fingerprint density at radius 2 is 1.87 bits per heavy atom. The predicted octanol–water partition coefficient (Wildman–Crippen LogP) is 2.22. The zero-order chi connectivity index (χ0) is 16.7. The molecular formula is C15H13BrN2O5. The van der Waals surface area contributed by atoms with E-state index >= 15 is 0 Å². The molecule has 8 heteroatoms. The molecule has 0 bridgehead atoms. The lowest BCUT2D eigenvalue weighted by Crippen LogP contribution is -2.41. The predicted molar refractivity (Wildman–Crippen MR) is 83.5 cm³/mol. The Morgan fingerprint density at radius 1 is 1.13 bits per heavy atom. The molecule has 1 aromatic carbocycles. The first-order chi connectivity index (χ1) is 11.0. The van der Waals surface area contributed by atoms with Gasteiger partial charge in [0.15, 0.2) is 6.61 Å². The summed E-state index contributed by atoms with van der Waals surface area (Å²) in [4.78, 5) is 34.7. The topological polar surface area (TPSA) is 97.6 Å². The second-order valence-electron chi connectivity index (χ2n) is 4.39. The van der Waals surface area contributed by atoms with Crippen LogP contribution in [0.2, 0.25) is 0 Å². The molecule has 0 saturated carbocycles. The number of hydrogen-bond acceptors (Lipinski definition) is 5. The number of benzene rings is 1. The molecule has 1 aromatic heterocycles. The van der Waals surface area contributed by atoms with E-state index < -0.39 is 24.5 Å². The molecule has 0 unspecified atom stereocenters. The molecule has 0 aliphatic heterocycles. The molecule has 0 aliphatic rings. The number of rotatable bonds is 5. The van der Waals surface area contributed by atoms with Crippen molar-refractivity contribution in [3.8, 4) is 0 Å². The Hall–Kier alpha value is -2.61. The number of ether oxygens (including phenoxy) is 1. The molecule has 0 fully saturated rings. The molecule has 120 valence electrons. The molecule has 23 heavy (non-hydrogen) atoms. The summed E-state index contributed by atoms with van der Waals surface area (Å²) in [6.45, 7) is -0.409. The lowest BCUT2D eigenvalue weighted by atomic mass is 10.2. The van der Waals surface area contributed by atoms with Crippen molar-refractivity contribution in [3.63, 3.8) is 0 Å². The van der Waals surface area contributed by atoms with Crippen LogP contribution in [0.15, 0.2) is 51.6 Å². The summed E-state index contributed by atoms with van der Waals surface area (Å²) in [5.74, 6) is -0.828. The Morgan fingerprint density at radius 3 is 2.52 bits per heavy atom. The van der Waals surface area contributed by atoms with Gasteiger partial charge in [-0.05, 0) is 36.4 Å². The van der Waals surface area contributed by atoms with Gasteiger partial charge >= 0.3 is 12.0 Å². The van der Waals surface area contributed by atoms with Crippen molar-refractivity contribution in [1.29, 1.82) is 0 Å². The SMILES string of the molecule is O=C(COC(=O)c1ccc(Br)cc1)NC(=O)NCc1ccco1. The molecule has 2 rings (SSSR count). The number of urea groups is 1. The highest BCUT2D eigenvalue weighted by Gasteiger charge is 2.12. The maximum absolute atomic E-state index is 11.7. The summed E-state index contributed by atoms with van der Waals surface area (Å²) in [6.07, 6.45) is 1.47. The first kappa shape index (κ1) is 16.8. The van der Waals surface area contributed by atoms with Crippen molar-refractivity contribution in [1.82, 2.24) is 10.6 Å². The molecule has 1 heterocycles. The molecular weight excluding hydrogens is 368 g/mol. The molecule has 0 aliphatic carbocycles. The van der Waals surface area contributed by atoms with Crippen LogP contribution in [0.4, 0.5) is 4.79 Å². The third-order valence-corrected chi connectivity index (χ3v) is 3.20. The van der Waals surface area contributed by atoms with Gasteiger partial charge in [0.25, 0.3) is 5.91 Å². The lowest BCUT2D eigenvalue weighted by Gasteiger charge is -2.06. The van der Waals surface area contributed by atoms with Gasteiger partial charge in [-0.25, -0.2) is 9.59 Å². The fourth-order valence-electron chi connectivity index (χ4n) is 1.59. The minimum Gasteiger partial charge on any atom is -0.467 e. The van der Waals surface area contributed by atoms with Crippen LogP contribution >= 0.6 is 15.9 Å². The van der Waals surface area contributed by atoms with Crippen LogP contribution in [0.25, 0.3) is 0 Å². The van der Waals surface area contributed by atoms with Crippen molar-refractivity contribution in [2.24, 2.45) is 0 Å². The summed E-state index contributed by atoms with van der Waals surface area (Å²) in [5.41, 5.74) is 0.309. The molecule has 0 saturated heterocycles. The molecule has 2 N–H and O–H groups in total. The highest BCUT2D eigenvalue weighted by Crippen LogP contribution is 2.11. The van der Waals surface area contributed by atoms with Gasteiger partial charge in [-0.15, -0.1) is 0 Å². The Bertz CT molecular complexity index is 682. The number of amides is 3. The number of hydrogen-bond donors (Lipinski definition) is 2. The normalized spacial score (nSPS) is 9.96. The number of nitrogens with one attached hydrogen (secondary N) is 2. The number of halogens is 1. The lowest BCUT2D eigenvalue weighted by molar-refractivity contribution is -0.123. The van der Waals surface area contributed by atoms with Crippen LogP contribution < -0.4 is 10.6 Å². The molecule has 7 nitrogen and oxygen atoms in total. The van der Waals surface area contributed by atoms with Gasteiger partial charge in [0.05, 0.1) is 18.4 Å². The average molecular weight is 381 g/mol. The van der Waals surface area contributed by atoms with Gasteiger partial charge in [-0.2, -0.15) is 0 Å². The van der Waals surface area contributed by atoms with Crippen LogP contribution in [-0.4, -0.2) is 24.5 Å². The summed E-state index contributed by atoms with van der Waals surface area (Å²) in [6, 6.07) is 9.13. The fourth-order valence-corrected chi connectivity index (χ4v) is 1.85. The van der Waals surface area contributed by atoms with Gasteiger partial charge in [0, 0.05) is 4.47 Å². The zero-order valence-corrected chi connectivity index (χ0v) is 13.5. The van der Waals surface area contributed by atoms with E-state index in [2.05, 4.69) is 21.2 Å². The van der Waals surface area contributed by atoms with E-state index in [0.717, 1.165) is 4.47 Å². The van der Waals surface area contributed by atoms with Gasteiger partial charge in [0.1, 0.15) is 5.76 Å². The quantitative estimate of drug-likeness (QED) is 0.775. The van der Waals surface area contributed by atoms with Gasteiger partial charge in [-0.1, -0.05) is 15.9 Å². The van der Waals surface area contributed by atoms with E-state index in [-0.39, 0.29) is 6.54 Å². The van der Waals surface area contributed by atoms with Gasteiger partial charge in [0.2, 0.25) is 0 Å². The smallest absolute Gasteiger partial charge is 0.338 e. The standard InChI is InChI=1S/C15H13BrN2O5/c16-11-5-3-10(4-6-11)14(20)23-9-13(19)18-15(21)17-8-12-2-1-7-22-12/h1-7H,8-9H2,(H2,17,18,19,21). The Kier molecular flexibility index (Phi) is 5.93. The van der Waals surface area contributed by atoms with Crippen molar-refractivity contribution in [2.45, 2.75) is 6.54 Å². The van der Waals surface area contributed by atoms with E-state index in [1.165, 1.54) is 6.26 Å². The first-order valence-electron chi connectivity index (χ1n) is 6.57. The van der Waals surface area contributed by atoms with E-state index in [1.54, 1.807) is 36.4 Å². The minimum atomic E-state index is -0.729. The number of imide groups is 1. The van der Waals surface area contributed by atoms with Crippen molar-refractivity contribution in [2.75, 3.05) is 6.61 Å². The maximum Gasteiger partial charge on any atom is 0.338 e. The largest absolute Gasteiger partial charge is 0.467 e. The van der Waals surface area contributed by atoms with Crippen LogP contribution in [0.5, 0.6) is 0 Å². The summed E-state index contributed by atoms with van der Waals surface area (Å²) in [7, 11) is 0. The Labute approximate surface area is 140 Å². The van der Waals surface area contributed by atoms with Gasteiger partial charge < -0.3 is 14.5 Å². The van der Waals surface area contributed by atoms with Crippen LogP contribution in [0, 0.1) is 0 Å². The number of furan rings is 1. The number of carbonyl (C=O) groups excluding carboxylic acids is 3. The molecule has 2 aromatic rings. The van der Waals surface area contributed by atoms with Crippen molar-refractivity contribution in [3.05, 3.63) is 58.5 Å². The van der Waals surface area contributed by atoms with Crippen LogP contribution in [0.3, 0.4) is 0 Å². The van der Waals surface area contributed by atoms with E-state index in [0.29, 0.717) is 11.3 Å². The highest BCUT2D eigenvalue weighted by molar-refractivity contribution is 9.10. The minimum absolute atomic E-state index is 0.144. The van der Waals surface area contributed by atoms with Crippen molar-refractivity contribution >= 4 is 33.8 Å². The monoisotopic (exact) mass is 380 g/mol. The van der Waals surface area contributed by atoms with E-state index in [9.17, 15) is 14.4 Å². The fraction of sp³-hybridized carbons (Fsp3) is 0.133. The maximum atomic E-state index is 11.7. The van der Waals surface area contributed by atoms with Crippen molar-refractivity contribution < 1.29 is 23.5 Å². The first-order valence-corrected chi connectivity index (χ1v) is 7.36. The summed E-state index contributed by atoms with van der Waals surface area (Å²) in [5, 5.41) is 4.47. The zero-order valence-electron chi connectivity index (χ0n) is 11.9. The number of carbonyl (C=O) groups is 3. The number of esters is 1. The summed E-state index contributed by atoms with van der Waals surface area (Å²) >= 11 is 3.25. The van der Waals surface area contributed by atoms with Crippen LogP contribution in [-0.2, 0) is 16.1 Å². The molecule has 0 radical (unpaired) electrons. The van der Waals surface area contributed by atoms with E-state index in [4.69, 9.17) is 9.15 Å². The second-order valence-corrected chi connectivity index (χ2v) is 5.31.